The van der Waals surface area contributed by atoms with Crippen LogP contribution in [0.15, 0.2) is 43.9 Å². The lowest BCUT2D eigenvalue weighted by molar-refractivity contribution is 0.421. The number of nitrogen functional groups attached to an aromatic ring is 1. The Kier molecular flexibility index (Phi) is 2.00. The maximum Gasteiger partial charge on any atom is 0.224 e. The number of anilines is 1. The van der Waals surface area contributed by atoms with Gasteiger partial charge in [-0.15, -0.1) is 0 Å². The molecule has 5 heteroatoms. The number of nitrogens with two attached hydrogens (primary N) is 1. The lowest BCUT2D eigenvalue weighted by Crippen LogP contribution is -1.82. The molecule has 0 spiro atoms. The molecule has 1 aromatic carbocycles. The Morgan fingerprint density at radius 1 is 1.31 bits per heavy atom. The van der Waals surface area contributed by atoms with Crippen molar-refractivity contribution in [2.24, 2.45) is 0 Å². The number of hydrogen-bond acceptors (Lipinski definition) is 4. The van der Waals surface area contributed by atoms with Crippen LogP contribution in [0.4, 0.5) is 5.69 Å². The average Bonchev–Trinajstić information content (AvgIpc) is 2.84. The smallest absolute Gasteiger partial charge is 0.224 e. The molecular weight excluding hydrogens is 272 g/mol. The molecule has 80 valence electrons. The normalized spacial score (nSPS) is 11.1. The first-order chi connectivity index (χ1) is 7.75. The quantitative estimate of drug-likeness (QED) is 0.741. The van der Waals surface area contributed by atoms with Crippen molar-refractivity contribution >= 4 is 32.6 Å². The molecule has 2 heterocycles. The van der Waals surface area contributed by atoms with E-state index >= 15 is 0 Å². The minimum Gasteiger partial charge on any atom is -0.453 e. The van der Waals surface area contributed by atoms with Crippen molar-refractivity contribution in [2.75, 3.05) is 5.73 Å². The van der Waals surface area contributed by atoms with Gasteiger partial charge in [-0.05, 0) is 18.2 Å². The number of fused-ring (bicyclic) bond motifs is 1. The Morgan fingerprint density at radius 3 is 2.88 bits per heavy atom. The van der Waals surface area contributed by atoms with E-state index in [1.54, 1.807) is 0 Å². The van der Waals surface area contributed by atoms with Crippen molar-refractivity contribution in [3.05, 3.63) is 34.9 Å². The van der Waals surface area contributed by atoms with Crippen molar-refractivity contribution in [1.29, 1.82) is 0 Å². The van der Waals surface area contributed by atoms with E-state index in [1.165, 1.54) is 6.20 Å². The van der Waals surface area contributed by atoms with E-state index in [2.05, 4.69) is 21.1 Å². The van der Waals surface area contributed by atoms with E-state index in [-0.39, 0.29) is 0 Å². The van der Waals surface area contributed by atoms with Crippen LogP contribution in [0.5, 0.6) is 0 Å². The minimum absolute atomic E-state index is 0.461. The van der Waals surface area contributed by atoms with Crippen LogP contribution in [0.25, 0.3) is 22.5 Å². The van der Waals surface area contributed by atoms with Crippen LogP contribution >= 0.6 is 15.9 Å². The summed E-state index contributed by atoms with van der Waals surface area (Å²) in [5.74, 6) is 1.04. The third-order valence-corrected chi connectivity index (χ3v) is 3.02. The maximum absolute atomic E-state index is 5.70. The summed E-state index contributed by atoms with van der Waals surface area (Å²) in [5, 5.41) is 4.60. The second-order valence-electron chi connectivity index (χ2n) is 3.37. The fourth-order valence-corrected chi connectivity index (χ4v) is 2.03. The zero-order valence-electron chi connectivity index (χ0n) is 8.11. The van der Waals surface area contributed by atoms with Crippen molar-refractivity contribution < 1.29 is 8.94 Å². The topological polar surface area (TPSA) is 65.2 Å². The van der Waals surface area contributed by atoms with Gasteiger partial charge in [0.1, 0.15) is 11.3 Å². The van der Waals surface area contributed by atoms with Gasteiger partial charge in [0.15, 0.2) is 5.76 Å². The van der Waals surface area contributed by atoms with E-state index in [1.807, 2.05) is 24.3 Å². The number of aromatic nitrogens is 1. The van der Waals surface area contributed by atoms with Gasteiger partial charge in [0.25, 0.3) is 0 Å². The predicted octanol–water partition coefficient (Wildman–Crippen LogP) is 3.43. The molecule has 0 unspecified atom stereocenters. The Labute approximate surface area is 99.1 Å². The van der Waals surface area contributed by atoms with E-state index in [4.69, 9.17) is 14.7 Å². The largest absolute Gasteiger partial charge is 0.453 e. The summed E-state index contributed by atoms with van der Waals surface area (Å²) in [5.41, 5.74) is 6.95. The summed E-state index contributed by atoms with van der Waals surface area (Å²) < 4.78 is 11.6. The first kappa shape index (κ1) is 9.47. The first-order valence-corrected chi connectivity index (χ1v) is 5.43. The monoisotopic (exact) mass is 278 g/mol. The third kappa shape index (κ3) is 1.32. The number of rotatable bonds is 1. The van der Waals surface area contributed by atoms with Crippen LogP contribution in [0.1, 0.15) is 0 Å². The van der Waals surface area contributed by atoms with Crippen LogP contribution in [0.2, 0.25) is 0 Å². The summed E-state index contributed by atoms with van der Waals surface area (Å²) in [4.78, 5) is 0. The number of halogens is 1. The highest BCUT2D eigenvalue weighted by atomic mass is 79.9. The van der Waals surface area contributed by atoms with E-state index in [0.29, 0.717) is 17.2 Å². The molecule has 0 aliphatic carbocycles. The highest BCUT2D eigenvalue weighted by Crippen LogP contribution is 2.34. The van der Waals surface area contributed by atoms with Gasteiger partial charge >= 0.3 is 0 Å². The molecule has 0 amide bonds. The van der Waals surface area contributed by atoms with Crippen molar-refractivity contribution in [2.45, 2.75) is 0 Å². The Hall–Kier alpha value is -1.75. The van der Waals surface area contributed by atoms with Gasteiger partial charge in [-0.3, -0.25) is 0 Å². The lowest BCUT2D eigenvalue weighted by atomic mass is 10.2. The van der Waals surface area contributed by atoms with Crippen molar-refractivity contribution in [3.63, 3.8) is 0 Å². The van der Waals surface area contributed by atoms with Gasteiger partial charge in [0.2, 0.25) is 5.76 Å². The molecule has 2 N–H and O–H groups in total. The minimum atomic E-state index is 0.461. The zero-order chi connectivity index (χ0) is 11.1. The molecule has 2 aromatic heterocycles. The average molecular weight is 279 g/mol. The Bertz CT molecular complexity index is 657. The molecule has 3 aromatic rings. The number of nitrogens with zero attached hydrogens (tertiary/aromatic N) is 1. The molecule has 0 aliphatic heterocycles. The maximum atomic E-state index is 5.70. The second-order valence-corrected chi connectivity index (χ2v) is 4.23. The van der Waals surface area contributed by atoms with Gasteiger partial charge in [-0.25, -0.2) is 0 Å². The van der Waals surface area contributed by atoms with E-state index in [0.717, 1.165) is 15.4 Å². The summed E-state index contributed by atoms with van der Waals surface area (Å²) in [6, 6.07) is 7.61. The molecular formula is C11H7BrN2O2. The number of benzene rings is 1. The molecule has 16 heavy (non-hydrogen) atoms. The summed E-state index contributed by atoms with van der Waals surface area (Å²) in [7, 11) is 0. The van der Waals surface area contributed by atoms with Crippen LogP contribution < -0.4 is 5.73 Å². The number of hydrogen-bond donors (Lipinski definition) is 1. The highest BCUT2D eigenvalue weighted by Gasteiger charge is 2.14. The van der Waals surface area contributed by atoms with Gasteiger partial charge in [0.05, 0.1) is 6.20 Å². The summed E-state index contributed by atoms with van der Waals surface area (Å²) >= 11 is 3.45. The third-order valence-electron chi connectivity index (χ3n) is 2.33. The zero-order valence-corrected chi connectivity index (χ0v) is 9.69. The molecule has 3 rings (SSSR count). The van der Waals surface area contributed by atoms with Crippen molar-refractivity contribution in [1.82, 2.24) is 5.16 Å². The SMILES string of the molecule is Nc1cnoc1-c1cc2c(Br)cccc2o1. The predicted molar refractivity (Wildman–Crippen MR) is 63.8 cm³/mol. The second kappa shape index (κ2) is 3.38. The van der Waals surface area contributed by atoms with Crippen LogP contribution in [0, 0.1) is 0 Å². The van der Waals surface area contributed by atoms with E-state index < -0.39 is 0 Å². The highest BCUT2D eigenvalue weighted by molar-refractivity contribution is 9.10. The fraction of sp³-hybridized carbons (Fsp3) is 0. The molecule has 4 nitrogen and oxygen atoms in total. The van der Waals surface area contributed by atoms with Gasteiger partial charge < -0.3 is 14.7 Å². The Balaban J connectivity index is 2.27. The van der Waals surface area contributed by atoms with Crippen molar-refractivity contribution in [3.8, 4) is 11.5 Å². The molecule has 0 fully saturated rings. The number of furan rings is 1. The summed E-state index contributed by atoms with van der Waals surface area (Å²) in [6.07, 6.45) is 1.46. The standard InChI is InChI=1S/C11H7BrN2O2/c12-7-2-1-3-9-6(7)4-10(15-9)11-8(13)5-14-16-11/h1-5H,13H2. The fourth-order valence-electron chi connectivity index (χ4n) is 1.57. The molecule has 0 bridgehead atoms. The van der Waals surface area contributed by atoms with Crippen LogP contribution in [-0.2, 0) is 0 Å². The van der Waals surface area contributed by atoms with Crippen LogP contribution in [-0.4, -0.2) is 5.16 Å². The molecule has 0 saturated heterocycles. The van der Waals surface area contributed by atoms with Gasteiger partial charge in [0, 0.05) is 9.86 Å². The van der Waals surface area contributed by atoms with Crippen LogP contribution in [0.3, 0.4) is 0 Å². The molecule has 0 atom stereocenters. The van der Waals surface area contributed by atoms with E-state index in [9.17, 15) is 0 Å². The first-order valence-electron chi connectivity index (χ1n) is 4.64. The van der Waals surface area contributed by atoms with Gasteiger partial charge in [-0.2, -0.15) is 0 Å². The van der Waals surface area contributed by atoms with Gasteiger partial charge in [-0.1, -0.05) is 27.2 Å². The molecule has 0 radical (unpaired) electrons. The molecule has 0 saturated carbocycles. The lowest BCUT2D eigenvalue weighted by Gasteiger charge is -1.89. The Morgan fingerprint density at radius 2 is 2.19 bits per heavy atom. The molecule has 0 aliphatic rings. The summed E-state index contributed by atoms with van der Waals surface area (Å²) in [6.45, 7) is 0.